The summed E-state index contributed by atoms with van der Waals surface area (Å²) >= 11 is 0. The van der Waals surface area contributed by atoms with Crippen molar-refractivity contribution in [2.75, 3.05) is 14.2 Å². The Labute approximate surface area is 121 Å². The van der Waals surface area contributed by atoms with Gasteiger partial charge in [-0.25, -0.2) is 0 Å². The molecule has 1 aromatic heterocycles. The summed E-state index contributed by atoms with van der Waals surface area (Å²) in [5, 5.41) is 5.86. The number of methoxy groups -OCH3 is 1. The number of hydrogen-bond donors (Lipinski definition) is 1. The third-order valence-electron chi connectivity index (χ3n) is 3.97. The molecule has 0 spiro atoms. The summed E-state index contributed by atoms with van der Waals surface area (Å²) in [6.07, 6.45) is 3.88. The number of nitrogens with zero attached hydrogens (tertiary/aromatic N) is 1. The lowest BCUT2D eigenvalue weighted by atomic mass is 9.95. The van der Waals surface area contributed by atoms with Crippen LogP contribution in [0.15, 0.2) is 36.5 Å². The van der Waals surface area contributed by atoms with Gasteiger partial charge in [-0.05, 0) is 45.2 Å². The Morgan fingerprint density at radius 2 is 2.00 bits per heavy atom. The van der Waals surface area contributed by atoms with Crippen LogP contribution in [0.2, 0.25) is 0 Å². The van der Waals surface area contributed by atoms with E-state index in [4.69, 9.17) is 4.74 Å². The monoisotopic (exact) mass is 272 g/mol. The van der Waals surface area contributed by atoms with Crippen LogP contribution < -0.4 is 5.32 Å². The van der Waals surface area contributed by atoms with Crippen LogP contribution in [0.3, 0.4) is 0 Å². The number of pyridine rings is 1. The van der Waals surface area contributed by atoms with Crippen LogP contribution in [-0.4, -0.2) is 24.7 Å². The van der Waals surface area contributed by atoms with Crippen molar-refractivity contribution in [1.82, 2.24) is 10.3 Å². The summed E-state index contributed by atoms with van der Waals surface area (Å²) in [7, 11) is 3.76. The van der Waals surface area contributed by atoms with Crippen LogP contribution in [0.5, 0.6) is 0 Å². The van der Waals surface area contributed by atoms with Gasteiger partial charge in [0.1, 0.15) is 0 Å². The highest BCUT2D eigenvalue weighted by atomic mass is 16.5. The van der Waals surface area contributed by atoms with E-state index in [0.29, 0.717) is 0 Å². The van der Waals surface area contributed by atoms with Crippen molar-refractivity contribution < 1.29 is 4.74 Å². The molecule has 1 heterocycles. The lowest BCUT2D eigenvalue weighted by molar-refractivity contribution is 0.0118. The molecule has 0 saturated carbocycles. The van der Waals surface area contributed by atoms with Crippen LogP contribution in [0.4, 0.5) is 0 Å². The highest BCUT2D eigenvalue weighted by Crippen LogP contribution is 2.27. The second-order valence-corrected chi connectivity index (χ2v) is 5.76. The van der Waals surface area contributed by atoms with Gasteiger partial charge >= 0.3 is 0 Å². The Morgan fingerprint density at radius 3 is 2.70 bits per heavy atom. The minimum absolute atomic E-state index is 0.0975. The molecule has 0 radical (unpaired) electrons. The number of benzene rings is 1. The maximum Gasteiger partial charge on any atom is 0.0651 e. The molecule has 108 valence electrons. The summed E-state index contributed by atoms with van der Waals surface area (Å²) < 4.78 is 5.51. The van der Waals surface area contributed by atoms with Gasteiger partial charge in [-0.15, -0.1) is 0 Å². The molecular weight excluding hydrogens is 248 g/mol. The van der Waals surface area contributed by atoms with Crippen LogP contribution >= 0.6 is 0 Å². The van der Waals surface area contributed by atoms with Gasteiger partial charge in [0, 0.05) is 24.7 Å². The average Bonchev–Trinajstić information content (AvgIpc) is 2.48. The Kier molecular flexibility index (Phi) is 4.73. The summed E-state index contributed by atoms with van der Waals surface area (Å²) in [6, 6.07) is 10.7. The molecule has 0 fully saturated rings. The number of hydrogen-bond acceptors (Lipinski definition) is 3. The van der Waals surface area contributed by atoms with Crippen molar-refractivity contribution in [3.63, 3.8) is 0 Å². The maximum atomic E-state index is 5.51. The maximum absolute atomic E-state index is 5.51. The number of nitrogens with one attached hydrogen (secondary N) is 1. The van der Waals surface area contributed by atoms with Crippen LogP contribution in [0.1, 0.15) is 38.4 Å². The molecule has 2 aromatic rings. The zero-order valence-electron chi connectivity index (χ0n) is 12.8. The SMILES string of the molecule is CNC(CCC(C)(C)OC)c1nccc2ccccc12. The fraction of sp³-hybridized carbons (Fsp3) is 0.471. The minimum atomic E-state index is -0.0975. The van der Waals surface area contributed by atoms with E-state index in [-0.39, 0.29) is 11.6 Å². The second-order valence-electron chi connectivity index (χ2n) is 5.76. The lowest BCUT2D eigenvalue weighted by Crippen LogP contribution is -2.26. The van der Waals surface area contributed by atoms with E-state index in [1.807, 2.05) is 13.2 Å². The summed E-state index contributed by atoms with van der Waals surface area (Å²) in [4.78, 5) is 4.60. The molecule has 0 aliphatic carbocycles. The zero-order chi connectivity index (χ0) is 14.6. The first-order valence-electron chi connectivity index (χ1n) is 7.13. The predicted octanol–water partition coefficient (Wildman–Crippen LogP) is 3.70. The van der Waals surface area contributed by atoms with Crippen LogP contribution in [-0.2, 0) is 4.74 Å². The molecule has 0 bridgehead atoms. The Morgan fingerprint density at radius 1 is 1.25 bits per heavy atom. The van der Waals surface area contributed by atoms with Crippen molar-refractivity contribution in [3.8, 4) is 0 Å². The molecule has 1 N–H and O–H groups in total. The van der Waals surface area contributed by atoms with E-state index >= 15 is 0 Å². The number of aromatic nitrogens is 1. The Balaban J connectivity index is 2.26. The predicted molar refractivity (Wildman–Crippen MR) is 83.9 cm³/mol. The first-order chi connectivity index (χ1) is 9.57. The van der Waals surface area contributed by atoms with Gasteiger partial charge in [-0.2, -0.15) is 0 Å². The van der Waals surface area contributed by atoms with Gasteiger partial charge in [0.25, 0.3) is 0 Å². The molecule has 1 atom stereocenters. The Hall–Kier alpha value is -1.45. The molecule has 3 nitrogen and oxygen atoms in total. The molecule has 2 rings (SSSR count). The van der Waals surface area contributed by atoms with Crippen LogP contribution in [0, 0.1) is 0 Å². The molecule has 0 amide bonds. The van der Waals surface area contributed by atoms with Crippen molar-refractivity contribution in [1.29, 1.82) is 0 Å². The first kappa shape index (κ1) is 14.9. The molecular formula is C17H24N2O. The second kappa shape index (κ2) is 6.33. The van der Waals surface area contributed by atoms with Gasteiger partial charge in [0.2, 0.25) is 0 Å². The van der Waals surface area contributed by atoms with Gasteiger partial charge in [0.15, 0.2) is 0 Å². The molecule has 0 aliphatic heterocycles. The smallest absolute Gasteiger partial charge is 0.0651 e. The first-order valence-corrected chi connectivity index (χ1v) is 7.13. The quantitative estimate of drug-likeness (QED) is 0.870. The van der Waals surface area contributed by atoms with Crippen molar-refractivity contribution in [2.45, 2.75) is 38.3 Å². The topological polar surface area (TPSA) is 34.1 Å². The summed E-state index contributed by atoms with van der Waals surface area (Å²) in [5.74, 6) is 0. The van der Waals surface area contributed by atoms with Crippen molar-refractivity contribution in [3.05, 3.63) is 42.2 Å². The number of rotatable bonds is 6. The van der Waals surface area contributed by atoms with Gasteiger partial charge in [-0.1, -0.05) is 24.3 Å². The largest absolute Gasteiger partial charge is 0.379 e. The normalized spacial score (nSPS) is 13.6. The van der Waals surface area contributed by atoms with Crippen molar-refractivity contribution in [2.24, 2.45) is 0 Å². The van der Waals surface area contributed by atoms with Crippen LogP contribution in [0.25, 0.3) is 10.8 Å². The van der Waals surface area contributed by atoms with Gasteiger partial charge in [0.05, 0.1) is 11.3 Å². The van der Waals surface area contributed by atoms with E-state index in [1.54, 1.807) is 7.11 Å². The third kappa shape index (κ3) is 3.35. The van der Waals surface area contributed by atoms with E-state index in [2.05, 4.69) is 54.5 Å². The number of fused-ring (bicyclic) bond motifs is 1. The standard InChI is InChI=1S/C17H24N2O/c1-17(2,20-4)11-9-15(18-3)16-14-8-6-5-7-13(14)10-12-19-16/h5-8,10,12,15,18H,9,11H2,1-4H3. The lowest BCUT2D eigenvalue weighted by Gasteiger charge is -2.26. The summed E-state index contributed by atoms with van der Waals surface area (Å²) in [5.41, 5.74) is 1.03. The minimum Gasteiger partial charge on any atom is -0.379 e. The highest BCUT2D eigenvalue weighted by molar-refractivity contribution is 5.84. The van der Waals surface area contributed by atoms with E-state index in [1.165, 1.54) is 10.8 Å². The number of ether oxygens (including phenoxy) is 1. The summed E-state index contributed by atoms with van der Waals surface area (Å²) in [6.45, 7) is 4.24. The molecule has 0 saturated heterocycles. The zero-order valence-corrected chi connectivity index (χ0v) is 12.8. The molecule has 20 heavy (non-hydrogen) atoms. The molecule has 1 aromatic carbocycles. The van der Waals surface area contributed by atoms with E-state index in [0.717, 1.165) is 18.5 Å². The van der Waals surface area contributed by atoms with Gasteiger partial charge in [-0.3, -0.25) is 4.98 Å². The fourth-order valence-electron chi connectivity index (χ4n) is 2.43. The fourth-order valence-corrected chi connectivity index (χ4v) is 2.43. The molecule has 0 aliphatic rings. The van der Waals surface area contributed by atoms with Gasteiger partial charge < -0.3 is 10.1 Å². The van der Waals surface area contributed by atoms with E-state index in [9.17, 15) is 0 Å². The molecule has 1 unspecified atom stereocenters. The highest BCUT2D eigenvalue weighted by Gasteiger charge is 2.21. The molecule has 3 heteroatoms. The third-order valence-corrected chi connectivity index (χ3v) is 3.97. The average molecular weight is 272 g/mol. The Bertz CT molecular complexity index is 560. The van der Waals surface area contributed by atoms with Crippen molar-refractivity contribution >= 4 is 10.8 Å². The van der Waals surface area contributed by atoms with E-state index < -0.39 is 0 Å².